The van der Waals surface area contributed by atoms with Gasteiger partial charge in [0, 0.05) is 29.9 Å². The minimum atomic E-state index is -4.31. The first-order valence-electron chi connectivity index (χ1n) is 6.60. The Morgan fingerprint density at radius 1 is 1.30 bits per heavy atom. The van der Waals surface area contributed by atoms with Crippen LogP contribution in [0.15, 0.2) is 23.1 Å². The lowest BCUT2D eigenvalue weighted by Gasteiger charge is -2.23. The molecular formula is C14H18F3NOS. The van der Waals surface area contributed by atoms with Gasteiger partial charge in [-0.1, -0.05) is 6.07 Å². The van der Waals surface area contributed by atoms with Crippen LogP contribution >= 0.6 is 11.8 Å². The summed E-state index contributed by atoms with van der Waals surface area (Å²) in [6.45, 7) is 1.71. The van der Waals surface area contributed by atoms with Gasteiger partial charge in [-0.25, -0.2) is 0 Å². The molecule has 0 amide bonds. The Balaban J connectivity index is 2.21. The molecule has 6 heteroatoms. The van der Waals surface area contributed by atoms with Crippen molar-refractivity contribution in [3.8, 4) is 0 Å². The topological polar surface area (TPSA) is 21.3 Å². The molecule has 1 fully saturated rings. The number of nitrogens with one attached hydrogen (secondary N) is 1. The first kappa shape index (κ1) is 15.7. The van der Waals surface area contributed by atoms with Gasteiger partial charge in [-0.15, -0.1) is 11.8 Å². The predicted octanol–water partition coefficient (Wildman–Crippen LogP) is 3.70. The van der Waals surface area contributed by atoms with Gasteiger partial charge in [-0.3, -0.25) is 0 Å². The average molecular weight is 305 g/mol. The lowest BCUT2D eigenvalue weighted by atomic mass is 10.1. The Morgan fingerprint density at radius 2 is 2.00 bits per heavy atom. The third-order valence-electron chi connectivity index (χ3n) is 3.19. The van der Waals surface area contributed by atoms with Crippen LogP contribution in [0.4, 0.5) is 13.2 Å². The normalized spacial score (nSPS) is 17.4. The molecule has 0 saturated carbocycles. The number of hydrogen-bond acceptors (Lipinski definition) is 3. The van der Waals surface area contributed by atoms with Crippen LogP contribution in [0.3, 0.4) is 0 Å². The SMILES string of the molecule is CNCc1ccc(SC2CCOCC2)c(C(F)(F)F)c1. The van der Waals surface area contributed by atoms with Gasteiger partial charge in [0.2, 0.25) is 0 Å². The van der Waals surface area contributed by atoms with Crippen LogP contribution in [-0.4, -0.2) is 25.5 Å². The van der Waals surface area contributed by atoms with Crippen LogP contribution in [0.1, 0.15) is 24.0 Å². The standard InChI is InChI=1S/C14H18F3NOS/c1-18-9-10-2-3-13(12(8-10)14(15,16)17)20-11-4-6-19-7-5-11/h2-3,8,11,18H,4-7,9H2,1H3. The molecule has 1 aromatic rings. The molecule has 1 N–H and O–H groups in total. The van der Waals surface area contributed by atoms with E-state index in [-0.39, 0.29) is 5.25 Å². The summed E-state index contributed by atoms with van der Waals surface area (Å²) in [5, 5.41) is 3.08. The van der Waals surface area contributed by atoms with Gasteiger partial charge >= 0.3 is 6.18 Å². The van der Waals surface area contributed by atoms with E-state index < -0.39 is 11.7 Å². The maximum atomic E-state index is 13.2. The molecule has 2 rings (SSSR count). The second-order valence-corrected chi connectivity index (χ2v) is 6.13. The van der Waals surface area contributed by atoms with Gasteiger partial charge in [0.05, 0.1) is 5.56 Å². The number of thioether (sulfide) groups is 1. The summed E-state index contributed by atoms with van der Waals surface area (Å²) in [5.41, 5.74) is 0.123. The number of rotatable bonds is 4. The zero-order valence-electron chi connectivity index (χ0n) is 11.3. The van der Waals surface area contributed by atoms with Crippen LogP contribution < -0.4 is 5.32 Å². The van der Waals surface area contributed by atoms with Crippen molar-refractivity contribution >= 4 is 11.8 Å². The third kappa shape index (κ3) is 4.14. The Kier molecular flexibility index (Phi) is 5.35. The fourth-order valence-corrected chi connectivity index (χ4v) is 3.42. The van der Waals surface area contributed by atoms with Crippen LogP contribution in [0, 0.1) is 0 Å². The second-order valence-electron chi connectivity index (χ2n) is 4.79. The molecule has 1 aromatic carbocycles. The minimum absolute atomic E-state index is 0.208. The Morgan fingerprint density at radius 3 is 2.60 bits per heavy atom. The van der Waals surface area contributed by atoms with E-state index in [9.17, 15) is 13.2 Å². The van der Waals surface area contributed by atoms with Crippen LogP contribution in [0.5, 0.6) is 0 Å². The molecular weight excluding hydrogens is 287 g/mol. The minimum Gasteiger partial charge on any atom is -0.381 e. The zero-order valence-corrected chi connectivity index (χ0v) is 12.1. The molecule has 1 saturated heterocycles. The molecule has 0 radical (unpaired) electrons. The summed E-state index contributed by atoms with van der Waals surface area (Å²) in [4.78, 5) is 0.323. The Labute approximate surface area is 121 Å². The molecule has 2 nitrogen and oxygen atoms in total. The van der Waals surface area contributed by atoms with Crippen LogP contribution in [0.2, 0.25) is 0 Å². The van der Waals surface area contributed by atoms with Crippen LogP contribution in [-0.2, 0) is 17.5 Å². The first-order chi connectivity index (χ1) is 9.50. The summed E-state index contributed by atoms with van der Waals surface area (Å²) < 4.78 is 44.7. The van der Waals surface area contributed by atoms with E-state index in [0.717, 1.165) is 12.8 Å². The summed E-state index contributed by atoms with van der Waals surface area (Å²) in [6, 6.07) is 4.60. The number of halogens is 3. The lowest BCUT2D eigenvalue weighted by molar-refractivity contribution is -0.139. The van der Waals surface area contributed by atoms with Crippen molar-refractivity contribution < 1.29 is 17.9 Å². The van der Waals surface area contributed by atoms with Gasteiger partial charge in [-0.05, 0) is 37.6 Å². The van der Waals surface area contributed by atoms with Crippen molar-refractivity contribution in [2.24, 2.45) is 0 Å². The average Bonchev–Trinajstić information content (AvgIpc) is 2.41. The van der Waals surface area contributed by atoms with Gasteiger partial charge in [-0.2, -0.15) is 13.2 Å². The van der Waals surface area contributed by atoms with E-state index in [2.05, 4.69) is 5.32 Å². The quantitative estimate of drug-likeness (QED) is 0.916. The van der Waals surface area contributed by atoms with E-state index in [1.165, 1.54) is 17.8 Å². The Bertz CT molecular complexity index is 445. The molecule has 0 aliphatic carbocycles. The van der Waals surface area contributed by atoms with Gasteiger partial charge in [0.15, 0.2) is 0 Å². The molecule has 1 aliphatic heterocycles. The Hall–Kier alpha value is -0.720. The summed E-state index contributed by atoms with van der Waals surface area (Å²) in [5.74, 6) is 0. The van der Waals surface area contributed by atoms with Crippen molar-refractivity contribution in [1.29, 1.82) is 0 Å². The number of alkyl halides is 3. The summed E-state index contributed by atoms with van der Waals surface area (Å²) >= 11 is 1.32. The van der Waals surface area contributed by atoms with Gasteiger partial charge in [0.25, 0.3) is 0 Å². The molecule has 0 atom stereocenters. The number of ether oxygens (including phenoxy) is 1. The van der Waals surface area contributed by atoms with Crippen molar-refractivity contribution in [1.82, 2.24) is 5.32 Å². The van der Waals surface area contributed by atoms with E-state index in [1.807, 2.05) is 0 Å². The fraction of sp³-hybridized carbons (Fsp3) is 0.571. The first-order valence-corrected chi connectivity index (χ1v) is 7.48. The van der Waals surface area contributed by atoms with Crippen molar-refractivity contribution in [3.05, 3.63) is 29.3 Å². The van der Waals surface area contributed by atoms with Crippen molar-refractivity contribution in [2.75, 3.05) is 20.3 Å². The highest BCUT2D eigenvalue weighted by Gasteiger charge is 2.34. The summed E-state index contributed by atoms with van der Waals surface area (Å²) in [7, 11) is 1.72. The highest BCUT2D eigenvalue weighted by atomic mass is 32.2. The van der Waals surface area contributed by atoms with Crippen molar-refractivity contribution in [2.45, 2.75) is 35.7 Å². The zero-order chi connectivity index (χ0) is 14.6. The molecule has 0 aromatic heterocycles. The van der Waals surface area contributed by atoms with Gasteiger partial charge in [0.1, 0.15) is 0 Å². The highest BCUT2D eigenvalue weighted by Crippen LogP contribution is 2.40. The van der Waals surface area contributed by atoms with E-state index in [4.69, 9.17) is 4.74 Å². The molecule has 20 heavy (non-hydrogen) atoms. The molecule has 0 unspecified atom stereocenters. The molecule has 0 spiro atoms. The smallest absolute Gasteiger partial charge is 0.381 e. The third-order valence-corrected chi connectivity index (χ3v) is 4.61. The molecule has 0 bridgehead atoms. The highest BCUT2D eigenvalue weighted by molar-refractivity contribution is 8.00. The monoisotopic (exact) mass is 305 g/mol. The molecule has 1 heterocycles. The van der Waals surface area contributed by atoms with Crippen molar-refractivity contribution in [3.63, 3.8) is 0 Å². The maximum absolute atomic E-state index is 13.2. The fourth-order valence-electron chi connectivity index (χ4n) is 2.19. The number of hydrogen-bond donors (Lipinski definition) is 1. The maximum Gasteiger partial charge on any atom is 0.417 e. The predicted molar refractivity (Wildman–Crippen MR) is 73.9 cm³/mol. The van der Waals surface area contributed by atoms with Gasteiger partial charge < -0.3 is 10.1 Å². The van der Waals surface area contributed by atoms with E-state index in [0.29, 0.717) is 30.2 Å². The summed E-state index contributed by atoms with van der Waals surface area (Å²) in [6.07, 6.45) is -2.70. The van der Waals surface area contributed by atoms with Crippen LogP contribution in [0.25, 0.3) is 0 Å². The second kappa shape index (κ2) is 6.83. The largest absolute Gasteiger partial charge is 0.417 e. The lowest BCUT2D eigenvalue weighted by Crippen LogP contribution is -2.18. The van der Waals surface area contributed by atoms with E-state index >= 15 is 0 Å². The molecule has 112 valence electrons. The molecule has 1 aliphatic rings. The number of benzene rings is 1. The van der Waals surface area contributed by atoms with E-state index in [1.54, 1.807) is 19.2 Å².